The van der Waals surface area contributed by atoms with Crippen LogP contribution in [0.3, 0.4) is 0 Å². The van der Waals surface area contributed by atoms with Gasteiger partial charge in [0.25, 0.3) is 0 Å². The van der Waals surface area contributed by atoms with Gasteiger partial charge in [-0.15, -0.1) is 0 Å². The first-order chi connectivity index (χ1) is 12.8. The molecule has 1 saturated heterocycles. The quantitative estimate of drug-likeness (QED) is 0.538. The van der Waals surface area contributed by atoms with Gasteiger partial charge in [0, 0.05) is 17.2 Å². The Morgan fingerprint density at radius 1 is 1.00 bits per heavy atom. The highest BCUT2D eigenvalue weighted by Crippen LogP contribution is 2.27. The molecular weight excluding hydrogens is 348 g/mol. The number of ether oxygens (including phenoxy) is 1. The van der Waals surface area contributed by atoms with Crippen molar-refractivity contribution in [1.82, 2.24) is 19.5 Å². The lowest BCUT2D eigenvalue weighted by atomic mass is 10.2. The van der Waals surface area contributed by atoms with Gasteiger partial charge in [-0.1, -0.05) is 23.7 Å². The summed E-state index contributed by atoms with van der Waals surface area (Å²) in [6, 6.07) is 15.6. The van der Waals surface area contributed by atoms with Crippen LogP contribution in [-0.4, -0.2) is 32.2 Å². The van der Waals surface area contributed by atoms with Crippen molar-refractivity contribution in [3.8, 4) is 11.4 Å². The molecule has 5 nitrogen and oxygen atoms in total. The molecule has 0 bridgehead atoms. The topological polar surface area (TPSA) is 52.8 Å². The molecular formula is C20H17ClN4O. The molecule has 2 aromatic carbocycles. The van der Waals surface area contributed by atoms with Gasteiger partial charge in [0.15, 0.2) is 11.3 Å². The number of fused-ring (bicyclic) bond motifs is 2. The molecule has 0 spiro atoms. The normalized spacial score (nSPS) is 17.3. The molecule has 6 heteroatoms. The maximum absolute atomic E-state index is 6.05. The highest BCUT2D eigenvalue weighted by Gasteiger charge is 2.22. The number of para-hydroxylation sites is 2. The molecule has 1 aliphatic heterocycles. The van der Waals surface area contributed by atoms with Crippen LogP contribution in [0.2, 0.25) is 5.02 Å². The second-order valence-electron chi connectivity index (χ2n) is 6.55. The summed E-state index contributed by atoms with van der Waals surface area (Å²) in [7, 11) is 0. The highest BCUT2D eigenvalue weighted by molar-refractivity contribution is 6.30. The van der Waals surface area contributed by atoms with Crippen LogP contribution in [0.4, 0.5) is 0 Å². The van der Waals surface area contributed by atoms with Crippen molar-refractivity contribution >= 4 is 33.9 Å². The van der Waals surface area contributed by atoms with Gasteiger partial charge in [-0.2, -0.15) is 0 Å². The smallest absolute Gasteiger partial charge is 0.198 e. The number of hydrogen-bond acceptors (Lipinski definition) is 4. The third kappa shape index (κ3) is 2.73. The first-order valence-corrected chi connectivity index (χ1v) is 9.16. The largest absolute Gasteiger partial charge is 0.376 e. The van der Waals surface area contributed by atoms with Crippen LogP contribution in [0.1, 0.15) is 12.8 Å². The Morgan fingerprint density at radius 3 is 2.50 bits per heavy atom. The van der Waals surface area contributed by atoms with E-state index in [0.29, 0.717) is 10.7 Å². The molecule has 0 saturated carbocycles. The maximum Gasteiger partial charge on any atom is 0.198 e. The van der Waals surface area contributed by atoms with Crippen molar-refractivity contribution in [3.05, 3.63) is 53.6 Å². The van der Waals surface area contributed by atoms with Crippen molar-refractivity contribution < 1.29 is 4.74 Å². The fourth-order valence-corrected chi connectivity index (χ4v) is 3.61. The molecule has 130 valence electrons. The molecule has 5 rings (SSSR count). The van der Waals surface area contributed by atoms with Gasteiger partial charge >= 0.3 is 0 Å². The van der Waals surface area contributed by atoms with Gasteiger partial charge in [0.1, 0.15) is 5.82 Å². The fourth-order valence-electron chi connectivity index (χ4n) is 3.48. The summed E-state index contributed by atoms with van der Waals surface area (Å²) in [5.74, 6) is 0.850. The first kappa shape index (κ1) is 15.7. The average Bonchev–Trinajstić information content (AvgIpc) is 3.29. The number of aromatic nitrogens is 4. The number of imidazole rings is 1. The van der Waals surface area contributed by atoms with Crippen molar-refractivity contribution in [2.24, 2.45) is 0 Å². The summed E-state index contributed by atoms with van der Waals surface area (Å²) in [4.78, 5) is 14.4. The average molecular weight is 365 g/mol. The molecule has 0 aliphatic carbocycles. The summed E-state index contributed by atoms with van der Waals surface area (Å²) in [6.45, 7) is 1.55. The summed E-state index contributed by atoms with van der Waals surface area (Å²) < 4.78 is 7.99. The van der Waals surface area contributed by atoms with Crippen LogP contribution >= 0.6 is 11.6 Å². The second-order valence-corrected chi connectivity index (χ2v) is 6.98. The van der Waals surface area contributed by atoms with E-state index in [-0.39, 0.29) is 6.10 Å². The molecule has 1 aliphatic rings. The van der Waals surface area contributed by atoms with Gasteiger partial charge in [-0.3, -0.25) is 0 Å². The molecule has 1 unspecified atom stereocenters. The third-order valence-corrected chi connectivity index (χ3v) is 5.02. The number of nitrogens with zero attached hydrogens (tertiary/aromatic N) is 4. The standard InChI is InChI=1S/C20H17ClN4O/c21-14-9-7-13(8-10-14)19-24-18-20(25(19)12-15-4-3-11-26-15)23-17-6-2-1-5-16(17)22-18/h1-2,5-10,15H,3-4,11-12H2. The molecule has 0 radical (unpaired) electrons. The number of rotatable bonds is 3. The fraction of sp³-hybridized carbons (Fsp3) is 0.250. The Hall–Kier alpha value is -2.50. The monoisotopic (exact) mass is 364 g/mol. The third-order valence-electron chi connectivity index (χ3n) is 4.77. The summed E-state index contributed by atoms with van der Waals surface area (Å²) >= 11 is 6.05. The van der Waals surface area contributed by atoms with E-state index in [1.165, 1.54) is 0 Å². The lowest BCUT2D eigenvalue weighted by Crippen LogP contribution is -2.16. The zero-order valence-corrected chi connectivity index (χ0v) is 14.9. The number of benzene rings is 2. The van der Waals surface area contributed by atoms with Crippen molar-refractivity contribution in [2.75, 3.05) is 6.61 Å². The number of hydrogen-bond donors (Lipinski definition) is 0. The maximum atomic E-state index is 6.05. The molecule has 26 heavy (non-hydrogen) atoms. The van der Waals surface area contributed by atoms with Crippen LogP contribution < -0.4 is 0 Å². The van der Waals surface area contributed by atoms with Crippen molar-refractivity contribution in [3.63, 3.8) is 0 Å². The van der Waals surface area contributed by atoms with E-state index in [1.54, 1.807) is 0 Å². The van der Waals surface area contributed by atoms with Crippen LogP contribution in [0.25, 0.3) is 33.7 Å². The molecule has 4 aromatic rings. The van der Waals surface area contributed by atoms with E-state index >= 15 is 0 Å². The van der Waals surface area contributed by atoms with Gasteiger partial charge < -0.3 is 9.30 Å². The minimum absolute atomic E-state index is 0.187. The van der Waals surface area contributed by atoms with Crippen LogP contribution in [-0.2, 0) is 11.3 Å². The van der Waals surface area contributed by atoms with Gasteiger partial charge in [0.05, 0.1) is 23.7 Å². The summed E-state index contributed by atoms with van der Waals surface area (Å²) in [5.41, 5.74) is 4.17. The van der Waals surface area contributed by atoms with Crippen molar-refractivity contribution in [1.29, 1.82) is 0 Å². The Bertz CT molecular complexity index is 1080. The summed E-state index contributed by atoms with van der Waals surface area (Å²) in [6.07, 6.45) is 2.34. The predicted molar refractivity (Wildman–Crippen MR) is 102 cm³/mol. The van der Waals surface area contributed by atoms with E-state index in [1.807, 2.05) is 48.5 Å². The van der Waals surface area contributed by atoms with Crippen molar-refractivity contribution in [2.45, 2.75) is 25.5 Å². The van der Waals surface area contributed by atoms with Gasteiger partial charge in [0.2, 0.25) is 0 Å². The molecule has 1 atom stereocenters. The molecule has 1 fully saturated rings. The Morgan fingerprint density at radius 2 is 1.77 bits per heavy atom. The SMILES string of the molecule is Clc1ccc(-c2nc3nc4ccccc4nc3n2CC2CCCO2)cc1. The van der Waals surface area contributed by atoms with Gasteiger partial charge in [-0.25, -0.2) is 15.0 Å². The first-order valence-electron chi connectivity index (χ1n) is 8.78. The van der Waals surface area contributed by atoms with E-state index in [4.69, 9.17) is 31.3 Å². The molecule has 0 N–H and O–H groups in total. The van der Waals surface area contributed by atoms with Crippen LogP contribution in [0.5, 0.6) is 0 Å². The molecule has 3 heterocycles. The highest BCUT2D eigenvalue weighted by atomic mass is 35.5. The lowest BCUT2D eigenvalue weighted by molar-refractivity contribution is 0.0981. The molecule has 2 aromatic heterocycles. The number of halogens is 1. The Kier molecular flexibility index (Phi) is 3.84. The van der Waals surface area contributed by atoms with Crippen LogP contribution in [0.15, 0.2) is 48.5 Å². The Labute approximate surface area is 155 Å². The van der Waals surface area contributed by atoms with E-state index in [0.717, 1.165) is 54.1 Å². The van der Waals surface area contributed by atoms with Crippen LogP contribution in [0, 0.1) is 0 Å². The zero-order valence-electron chi connectivity index (χ0n) is 14.1. The second kappa shape index (κ2) is 6.34. The summed E-state index contributed by atoms with van der Waals surface area (Å²) in [5, 5.41) is 0.706. The molecule has 0 amide bonds. The van der Waals surface area contributed by atoms with E-state index in [9.17, 15) is 0 Å². The predicted octanol–water partition coefficient (Wildman–Crippen LogP) is 4.48. The van der Waals surface area contributed by atoms with Gasteiger partial charge in [-0.05, 0) is 49.2 Å². The van der Waals surface area contributed by atoms with E-state index < -0.39 is 0 Å². The Balaban J connectivity index is 1.72. The van der Waals surface area contributed by atoms with E-state index in [2.05, 4.69) is 4.57 Å². The minimum Gasteiger partial charge on any atom is -0.376 e. The minimum atomic E-state index is 0.187. The zero-order chi connectivity index (χ0) is 17.5. The lowest BCUT2D eigenvalue weighted by Gasteiger charge is -2.13.